The third-order valence-electron chi connectivity index (χ3n) is 11.1. The minimum Gasteiger partial charge on any atom is -0.748 e. The average Bonchev–Trinajstić information content (AvgIpc) is 3.51. The van der Waals surface area contributed by atoms with E-state index in [-0.39, 0.29) is 30.6 Å². The fourth-order valence-electron chi connectivity index (χ4n) is 8.24. The first-order chi connectivity index (χ1) is 28.3. The van der Waals surface area contributed by atoms with Gasteiger partial charge in [-0.1, -0.05) is 49.3 Å². The third kappa shape index (κ3) is 13.5. The molecule has 4 rings (SSSR count). The second kappa shape index (κ2) is 20.0. The number of carboxylic acid groups (broad SMARTS) is 1. The lowest BCUT2D eigenvalue weighted by molar-refractivity contribution is -0.438. The molecule has 2 unspecified atom stereocenters. The molecule has 0 radical (unpaired) electrons. The molecule has 3 N–H and O–H groups in total. The molecule has 20 heteroatoms. The zero-order valence-electron chi connectivity index (χ0n) is 34.3. The number of rotatable bonds is 23. The normalized spacial score (nSPS) is 20.5. The molecule has 2 atom stereocenters. The van der Waals surface area contributed by atoms with Crippen LogP contribution in [0.5, 0.6) is 0 Å². The second-order valence-corrected chi connectivity index (χ2v) is 21.7. The van der Waals surface area contributed by atoms with E-state index in [2.05, 4.69) is 0 Å². The van der Waals surface area contributed by atoms with Crippen molar-refractivity contribution in [3.63, 3.8) is 0 Å². The first-order valence-corrected chi connectivity index (χ1v) is 25.9. The van der Waals surface area contributed by atoms with Crippen molar-refractivity contribution in [2.45, 2.75) is 94.3 Å². The van der Waals surface area contributed by atoms with Crippen LogP contribution in [-0.4, -0.2) is 104 Å². The molecule has 0 aromatic heterocycles. The summed E-state index contributed by atoms with van der Waals surface area (Å²) in [4.78, 5) is 13.4. The van der Waals surface area contributed by atoms with Crippen LogP contribution in [0, 0.1) is 0 Å². The number of hydrogen-bond acceptors (Lipinski definition) is 12. The van der Waals surface area contributed by atoms with Crippen LogP contribution in [0.2, 0.25) is 0 Å². The van der Waals surface area contributed by atoms with Gasteiger partial charge in [0.15, 0.2) is 5.71 Å². The van der Waals surface area contributed by atoms with E-state index in [9.17, 15) is 61.8 Å². The summed E-state index contributed by atoms with van der Waals surface area (Å²) < 4.78 is 136. The van der Waals surface area contributed by atoms with Crippen molar-refractivity contribution in [1.29, 1.82) is 0 Å². The van der Waals surface area contributed by atoms with E-state index < -0.39 is 74.5 Å². The molecule has 0 spiro atoms. The van der Waals surface area contributed by atoms with Crippen molar-refractivity contribution >= 4 is 63.5 Å². The predicted molar refractivity (Wildman–Crippen MR) is 230 cm³/mol. The van der Waals surface area contributed by atoms with Gasteiger partial charge in [0.1, 0.15) is 6.54 Å². The molecule has 0 fully saturated rings. The first-order valence-electron chi connectivity index (χ1n) is 19.7. The molecule has 2 aromatic carbocycles. The quantitative estimate of drug-likeness (QED) is 0.0548. The number of allylic oxidation sites excluding steroid dienone is 8. The zero-order chi connectivity index (χ0) is 45.4. The first kappa shape index (κ1) is 49.6. The van der Waals surface area contributed by atoms with Crippen LogP contribution in [0.15, 0.2) is 89.5 Å². The molecule has 336 valence electrons. The number of likely N-dealkylation sites (N-methyl/N-ethyl adjacent to an activating group) is 1. The molecule has 2 aliphatic heterocycles. The minimum atomic E-state index is -4.53. The number of unbranched alkanes of at least 4 members (excludes halogenated alkanes) is 3. The molecule has 2 heterocycles. The van der Waals surface area contributed by atoms with Gasteiger partial charge in [-0.05, 0) is 94.3 Å². The zero-order valence-corrected chi connectivity index (χ0v) is 37.5. The van der Waals surface area contributed by atoms with Gasteiger partial charge < -0.3 is 19.1 Å². The van der Waals surface area contributed by atoms with Gasteiger partial charge in [0.2, 0.25) is 5.69 Å². The molecule has 0 saturated heterocycles. The van der Waals surface area contributed by atoms with E-state index in [0.717, 1.165) is 28.3 Å². The maximum absolute atomic E-state index is 12.1. The number of carboxylic acids is 1. The van der Waals surface area contributed by atoms with Gasteiger partial charge in [-0.25, -0.2) is 16.8 Å². The maximum Gasteiger partial charge on any atom is 0.307 e. The van der Waals surface area contributed by atoms with Crippen LogP contribution in [0.3, 0.4) is 0 Å². The molecular formula is C41H53N2O14S4-. The standard InChI is InChI=1S/C41H54N2O14S4/c1-4-42-35-21-19-32(61(55,56)57)30-34(35)41(3,23-11-14-26-59(49,50)51)37(42)16-8-6-5-7-9-17-38-40(2,22-10-13-25-58(46,47)48)33-28-31(29-39(44)45)18-20-36(33)43(38)24-12-15-27-60(52,53)54/h5-9,16-21,28,30H,4,10-15,22-27,29H2,1-3H3,(H4-,44,45,46,47,48,49,50,51,52,53,54,55,56,57)/p-1. The number of aliphatic carboxylic acids is 1. The highest BCUT2D eigenvalue weighted by Gasteiger charge is 2.47. The highest BCUT2D eigenvalue weighted by Crippen LogP contribution is 2.51. The number of nitrogens with zero attached hydrogens (tertiary/aromatic N) is 2. The monoisotopic (exact) mass is 925 g/mol. The van der Waals surface area contributed by atoms with Crippen molar-refractivity contribution in [3.05, 3.63) is 101 Å². The van der Waals surface area contributed by atoms with Gasteiger partial charge in [-0.3, -0.25) is 13.9 Å². The van der Waals surface area contributed by atoms with Crippen LogP contribution in [-0.2, 0) is 62.5 Å². The van der Waals surface area contributed by atoms with Crippen LogP contribution in [0.4, 0.5) is 11.4 Å². The highest BCUT2D eigenvalue weighted by molar-refractivity contribution is 7.86. The summed E-state index contributed by atoms with van der Waals surface area (Å²) in [7, 11) is -17.6. The summed E-state index contributed by atoms with van der Waals surface area (Å²) in [5, 5.41) is 9.51. The lowest BCUT2D eigenvalue weighted by Crippen LogP contribution is -2.31. The van der Waals surface area contributed by atoms with E-state index in [1.54, 1.807) is 54.6 Å². The van der Waals surface area contributed by atoms with E-state index >= 15 is 0 Å². The van der Waals surface area contributed by atoms with Crippen LogP contribution < -0.4 is 4.90 Å². The Labute approximate surface area is 359 Å². The average molecular weight is 926 g/mol. The number of anilines is 1. The maximum atomic E-state index is 12.1. The molecule has 0 amide bonds. The molecule has 61 heavy (non-hydrogen) atoms. The van der Waals surface area contributed by atoms with Gasteiger partial charge >= 0.3 is 5.97 Å². The molecular weight excluding hydrogens is 873 g/mol. The van der Waals surface area contributed by atoms with Gasteiger partial charge in [0.05, 0.1) is 42.7 Å². The predicted octanol–water partition coefficient (Wildman–Crippen LogP) is 5.37. The SMILES string of the molecule is CCN1/C(=C/C=C/C=C/C=C/C2=[N+](CCCCS(=O)(=O)[O-])c3ccc(CC(=O)O)cc3C2(C)CCCCS(=O)(=O)[O-])C(C)(CCCCS(=O)(=O)O)c2cc(S(=O)(=O)O)ccc21. The molecule has 0 aliphatic carbocycles. The van der Waals surface area contributed by atoms with Crippen molar-refractivity contribution in [1.82, 2.24) is 0 Å². The van der Waals surface area contributed by atoms with Gasteiger partial charge in [-0.2, -0.15) is 21.4 Å². The van der Waals surface area contributed by atoms with Crippen LogP contribution in [0.1, 0.15) is 88.8 Å². The van der Waals surface area contributed by atoms with E-state index in [4.69, 9.17) is 0 Å². The topological polar surface area (TPSA) is 267 Å². The molecule has 2 aromatic rings. The second-order valence-electron chi connectivity index (χ2n) is 15.6. The minimum absolute atomic E-state index is 0.107. The fourth-order valence-corrected chi connectivity index (χ4v) is 10.4. The number of carbonyl (C=O) groups is 1. The van der Waals surface area contributed by atoms with Crippen molar-refractivity contribution in [2.24, 2.45) is 0 Å². The number of benzene rings is 2. The molecule has 2 aliphatic rings. The summed E-state index contributed by atoms with van der Waals surface area (Å²) in [5.41, 5.74) is 3.41. The van der Waals surface area contributed by atoms with Crippen LogP contribution >= 0.6 is 0 Å². The lowest BCUT2D eigenvalue weighted by atomic mass is 9.75. The largest absolute Gasteiger partial charge is 0.748 e. The molecule has 0 saturated carbocycles. The Morgan fingerprint density at radius 2 is 1.33 bits per heavy atom. The Balaban J connectivity index is 1.69. The van der Waals surface area contributed by atoms with E-state index in [1.165, 1.54) is 12.1 Å². The Bertz CT molecular complexity index is 2580. The Kier molecular flexibility index (Phi) is 16.3. The molecule has 0 bridgehead atoms. The van der Waals surface area contributed by atoms with E-state index in [0.29, 0.717) is 56.3 Å². The van der Waals surface area contributed by atoms with Crippen LogP contribution in [0.25, 0.3) is 0 Å². The summed E-state index contributed by atoms with van der Waals surface area (Å²) in [6, 6.07) is 9.64. The van der Waals surface area contributed by atoms with E-state index in [1.807, 2.05) is 42.4 Å². The lowest BCUT2D eigenvalue weighted by Gasteiger charge is -2.30. The fraction of sp³-hybridized carbons (Fsp3) is 0.463. The highest BCUT2D eigenvalue weighted by atomic mass is 32.2. The summed E-state index contributed by atoms with van der Waals surface area (Å²) >= 11 is 0. The summed E-state index contributed by atoms with van der Waals surface area (Å²) in [5.74, 6) is -2.54. The Morgan fingerprint density at radius 1 is 0.738 bits per heavy atom. The summed E-state index contributed by atoms with van der Waals surface area (Å²) in [6.07, 6.45) is 14.6. The van der Waals surface area contributed by atoms with Gasteiger partial charge in [-0.15, -0.1) is 0 Å². The van der Waals surface area contributed by atoms with Crippen molar-refractivity contribution < 1.29 is 66.4 Å². The van der Waals surface area contributed by atoms with Gasteiger partial charge in [0, 0.05) is 59.0 Å². The van der Waals surface area contributed by atoms with Crippen molar-refractivity contribution in [2.75, 3.05) is 35.2 Å². The van der Waals surface area contributed by atoms with Gasteiger partial charge in [0.25, 0.3) is 20.2 Å². The number of hydrogen-bond donors (Lipinski definition) is 3. The smallest absolute Gasteiger partial charge is 0.307 e. The summed E-state index contributed by atoms with van der Waals surface area (Å²) in [6.45, 7) is 6.60. The van der Waals surface area contributed by atoms with Crippen molar-refractivity contribution in [3.8, 4) is 0 Å². The molecule has 16 nitrogen and oxygen atoms in total. The Morgan fingerprint density at radius 3 is 1.92 bits per heavy atom. The number of fused-ring (bicyclic) bond motifs is 2. The third-order valence-corrected chi connectivity index (χ3v) is 14.3. The Hall–Kier alpha value is -4.02.